The van der Waals surface area contributed by atoms with Crippen molar-refractivity contribution in [2.24, 2.45) is 0 Å². The molecule has 0 bridgehead atoms. The van der Waals surface area contributed by atoms with Crippen LogP contribution in [0.3, 0.4) is 0 Å². The first kappa shape index (κ1) is 19.2. The predicted octanol–water partition coefficient (Wildman–Crippen LogP) is 3.17. The van der Waals surface area contributed by atoms with Crippen molar-refractivity contribution < 1.29 is 19.4 Å². The zero-order chi connectivity index (χ0) is 19.1. The number of hydrogen-bond donors (Lipinski definition) is 1. The third-order valence-electron chi connectivity index (χ3n) is 4.54. The van der Waals surface area contributed by atoms with Crippen molar-refractivity contribution in [1.29, 1.82) is 0 Å². The van der Waals surface area contributed by atoms with E-state index in [4.69, 9.17) is 9.47 Å². The summed E-state index contributed by atoms with van der Waals surface area (Å²) >= 11 is 2.22. The van der Waals surface area contributed by atoms with E-state index in [1.807, 2.05) is 26.8 Å². The van der Waals surface area contributed by atoms with Gasteiger partial charge >= 0.3 is 6.09 Å². The lowest BCUT2D eigenvalue weighted by Gasteiger charge is -2.39. The van der Waals surface area contributed by atoms with Crippen LogP contribution in [0.4, 0.5) is 4.79 Å². The van der Waals surface area contributed by atoms with Gasteiger partial charge in [0.25, 0.3) is 0 Å². The largest absolute Gasteiger partial charge is 0.495 e. The molecular weight excluding hydrogens is 449 g/mol. The summed E-state index contributed by atoms with van der Waals surface area (Å²) in [5.74, 6) is 0.588. The highest BCUT2D eigenvalue weighted by Gasteiger charge is 2.39. The van der Waals surface area contributed by atoms with Gasteiger partial charge in [0.15, 0.2) is 0 Å². The summed E-state index contributed by atoms with van der Waals surface area (Å²) in [5.41, 5.74) is 0.0654. The molecule has 3 rings (SSSR count). The van der Waals surface area contributed by atoms with Crippen LogP contribution in [0.5, 0.6) is 5.75 Å². The Balaban J connectivity index is 1.83. The Bertz CT molecular complexity index is 820. The maximum Gasteiger partial charge on any atom is 0.410 e. The van der Waals surface area contributed by atoms with Crippen LogP contribution in [-0.4, -0.2) is 51.5 Å². The number of rotatable bonds is 2. The number of halogens is 1. The first-order valence-corrected chi connectivity index (χ1v) is 9.62. The molecule has 1 fully saturated rings. The molecule has 0 aliphatic carbocycles. The van der Waals surface area contributed by atoms with Crippen LogP contribution in [-0.2, 0) is 10.3 Å². The van der Waals surface area contributed by atoms with Gasteiger partial charge in [-0.3, -0.25) is 0 Å². The van der Waals surface area contributed by atoms with E-state index >= 15 is 0 Å². The third kappa shape index (κ3) is 3.75. The van der Waals surface area contributed by atoms with Gasteiger partial charge in [-0.25, -0.2) is 9.31 Å². The number of carbonyl (C=O) groups is 1. The Hall–Kier alpha value is -1.55. The fourth-order valence-corrected chi connectivity index (χ4v) is 3.69. The molecule has 2 aromatic heterocycles. The second-order valence-electron chi connectivity index (χ2n) is 7.58. The number of likely N-dealkylation sites (tertiary alicyclic amines) is 1. The van der Waals surface area contributed by atoms with Gasteiger partial charge in [0.05, 0.1) is 34.2 Å². The van der Waals surface area contributed by atoms with Crippen LogP contribution < -0.4 is 4.74 Å². The lowest BCUT2D eigenvalue weighted by Crippen LogP contribution is -2.47. The highest BCUT2D eigenvalue weighted by atomic mass is 127. The summed E-state index contributed by atoms with van der Waals surface area (Å²) in [5, 5.41) is 15.6. The van der Waals surface area contributed by atoms with Crippen LogP contribution >= 0.6 is 22.6 Å². The van der Waals surface area contributed by atoms with E-state index in [9.17, 15) is 9.90 Å². The van der Waals surface area contributed by atoms with Crippen LogP contribution in [0.15, 0.2) is 18.5 Å². The number of fused-ring (bicyclic) bond motifs is 1. The maximum atomic E-state index is 12.3. The van der Waals surface area contributed by atoms with Crippen LogP contribution in [0.1, 0.15) is 39.2 Å². The highest BCUT2D eigenvalue weighted by molar-refractivity contribution is 14.1. The first-order chi connectivity index (χ1) is 12.1. The third-order valence-corrected chi connectivity index (χ3v) is 5.37. The van der Waals surface area contributed by atoms with E-state index in [0.29, 0.717) is 31.7 Å². The summed E-state index contributed by atoms with van der Waals surface area (Å²) in [6, 6.07) is 1.93. The molecule has 26 heavy (non-hydrogen) atoms. The molecule has 8 heteroatoms. The van der Waals surface area contributed by atoms with E-state index in [-0.39, 0.29) is 6.09 Å². The smallest absolute Gasteiger partial charge is 0.410 e. The summed E-state index contributed by atoms with van der Waals surface area (Å²) in [4.78, 5) is 13.9. The van der Waals surface area contributed by atoms with Gasteiger partial charge in [0.2, 0.25) is 0 Å². The van der Waals surface area contributed by atoms with Crippen molar-refractivity contribution in [3.63, 3.8) is 0 Å². The Labute approximate surface area is 166 Å². The molecule has 0 saturated carbocycles. The molecule has 0 radical (unpaired) electrons. The van der Waals surface area contributed by atoms with Crippen LogP contribution in [0.25, 0.3) is 5.52 Å². The standard InChI is InChI=1S/C18H24IN3O4/c1-17(2,3)26-16(23)21-7-5-18(24,6-8-21)12-9-14-13(19)10-20-22(14)11-15(12)25-4/h9-11,24H,5-8H2,1-4H3. The molecule has 0 atom stereocenters. The number of carbonyl (C=O) groups excluding carboxylic acids is 1. The lowest BCUT2D eigenvalue weighted by molar-refractivity contribution is -0.0367. The van der Waals surface area contributed by atoms with Gasteiger partial charge in [0.1, 0.15) is 11.4 Å². The number of amides is 1. The molecule has 7 nitrogen and oxygen atoms in total. The number of methoxy groups -OCH3 is 1. The molecule has 1 amide bonds. The van der Waals surface area contributed by atoms with Gasteiger partial charge in [-0.1, -0.05) is 0 Å². The van der Waals surface area contributed by atoms with Gasteiger partial charge in [-0.05, 0) is 62.3 Å². The Morgan fingerprint density at radius 3 is 2.58 bits per heavy atom. The molecule has 0 aromatic carbocycles. The van der Waals surface area contributed by atoms with Crippen LogP contribution in [0.2, 0.25) is 0 Å². The molecule has 1 saturated heterocycles. The van der Waals surface area contributed by atoms with Crippen molar-refractivity contribution in [3.8, 4) is 5.75 Å². The Morgan fingerprint density at radius 1 is 1.35 bits per heavy atom. The number of ether oxygens (including phenoxy) is 2. The quantitative estimate of drug-likeness (QED) is 0.679. The zero-order valence-electron chi connectivity index (χ0n) is 15.5. The van der Waals surface area contributed by atoms with Gasteiger partial charge in [-0.2, -0.15) is 5.10 Å². The topological polar surface area (TPSA) is 76.3 Å². The summed E-state index contributed by atoms with van der Waals surface area (Å²) in [7, 11) is 1.58. The second kappa shape index (κ2) is 6.88. The van der Waals surface area contributed by atoms with E-state index in [1.54, 1.807) is 28.9 Å². The SMILES string of the molecule is COc1cn2ncc(I)c2cc1C1(O)CCN(C(=O)OC(C)(C)C)CC1. The molecule has 1 N–H and O–H groups in total. The first-order valence-electron chi connectivity index (χ1n) is 8.55. The summed E-state index contributed by atoms with van der Waals surface area (Å²) in [6.07, 6.45) is 4.05. The molecule has 0 unspecified atom stereocenters. The molecule has 142 valence electrons. The minimum absolute atomic E-state index is 0.340. The average Bonchev–Trinajstić information content (AvgIpc) is 2.93. The second-order valence-corrected chi connectivity index (χ2v) is 8.74. The number of hydrogen-bond acceptors (Lipinski definition) is 5. The Kier molecular flexibility index (Phi) is 5.08. The number of pyridine rings is 1. The summed E-state index contributed by atoms with van der Waals surface area (Å²) in [6.45, 7) is 6.39. The normalized spacial score (nSPS) is 17.4. The Morgan fingerprint density at radius 2 is 2.00 bits per heavy atom. The molecule has 2 aromatic rings. The molecule has 3 heterocycles. The number of aliphatic hydroxyl groups is 1. The highest BCUT2D eigenvalue weighted by Crippen LogP contribution is 2.39. The van der Waals surface area contributed by atoms with Crippen molar-refractivity contribution in [2.75, 3.05) is 20.2 Å². The maximum absolute atomic E-state index is 12.3. The van der Waals surface area contributed by atoms with Crippen molar-refractivity contribution >= 4 is 34.2 Å². The number of aromatic nitrogens is 2. The van der Waals surface area contributed by atoms with E-state index < -0.39 is 11.2 Å². The fourth-order valence-electron chi connectivity index (χ4n) is 3.16. The monoisotopic (exact) mass is 473 g/mol. The van der Waals surface area contributed by atoms with Gasteiger partial charge in [0, 0.05) is 18.7 Å². The van der Waals surface area contributed by atoms with E-state index in [1.165, 1.54) is 0 Å². The average molecular weight is 473 g/mol. The van der Waals surface area contributed by atoms with Crippen molar-refractivity contribution in [3.05, 3.63) is 27.6 Å². The number of nitrogens with zero attached hydrogens (tertiary/aromatic N) is 3. The molecule has 1 aliphatic heterocycles. The van der Waals surface area contributed by atoms with Crippen molar-refractivity contribution in [2.45, 2.75) is 44.8 Å². The number of piperidine rings is 1. The van der Waals surface area contributed by atoms with Crippen molar-refractivity contribution in [1.82, 2.24) is 14.5 Å². The van der Waals surface area contributed by atoms with Gasteiger partial charge in [-0.15, -0.1) is 0 Å². The van der Waals surface area contributed by atoms with Gasteiger partial charge < -0.3 is 19.5 Å². The summed E-state index contributed by atoms with van der Waals surface area (Å²) < 4.78 is 13.7. The molecule has 1 aliphatic rings. The molecular formula is C18H24IN3O4. The predicted molar refractivity (Wildman–Crippen MR) is 105 cm³/mol. The molecule has 0 spiro atoms. The van der Waals surface area contributed by atoms with E-state index in [0.717, 1.165) is 14.7 Å². The van der Waals surface area contributed by atoms with E-state index in [2.05, 4.69) is 27.7 Å². The minimum Gasteiger partial charge on any atom is -0.495 e. The fraction of sp³-hybridized carbons (Fsp3) is 0.556. The minimum atomic E-state index is -1.06. The zero-order valence-corrected chi connectivity index (χ0v) is 17.6. The lowest BCUT2D eigenvalue weighted by atomic mass is 9.84. The van der Waals surface area contributed by atoms with Crippen LogP contribution in [0, 0.1) is 3.57 Å².